The average molecular weight is 512 g/mol. The Hall–Kier alpha value is -4.48. The second kappa shape index (κ2) is 12.5. The van der Waals surface area contributed by atoms with Gasteiger partial charge in [-0.3, -0.25) is 24.5 Å². The lowest BCUT2D eigenvalue weighted by molar-refractivity contribution is -0.384. The molecule has 12 heteroatoms. The molecule has 1 saturated heterocycles. The lowest BCUT2D eigenvalue weighted by Crippen LogP contribution is -2.54. The van der Waals surface area contributed by atoms with Gasteiger partial charge in [0.05, 0.1) is 4.92 Å². The lowest BCUT2D eigenvalue weighted by Gasteiger charge is -2.27. The number of hydrogen-bond donors (Lipinski definition) is 3. The van der Waals surface area contributed by atoms with Gasteiger partial charge in [0.2, 0.25) is 17.7 Å². The van der Waals surface area contributed by atoms with Crippen LogP contribution in [0.25, 0.3) is 0 Å². The van der Waals surface area contributed by atoms with Gasteiger partial charge in [0, 0.05) is 24.4 Å². The van der Waals surface area contributed by atoms with Crippen molar-refractivity contribution < 1.29 is 28.8 Å². The number of non-ortho nitro benzene ring substituents is 1. The van der Waals surface area contributed by atoms with Gasteiger partial charge in [-0.15, -0.1) is 0 Å². The van der Waals surface area contributed by atoms with Crippen molar-refractivity contribution in [2.75, 3.05) is 11.9 Å². The number of benzene rings is 2. The zero-order chi connectivity index (χ0) is 26.9. The molecule has 0 saturated carbocycles. The molecular formula is C25H29N5O7. The second-order valence-corrected chi connectivity index (χ2v) is 8.64. The number of likely N-dealkylation sites (tertiary alicyclic amines) is 1. The van der Waals surface area contributed by atoms with E-state index in [1.54, 1.807) is 12.1 Å². The zero-order valence-corrected chi connectivity index (χ0v) is 20.5. The summed E-state index contributed by atoms with van der Waals surface area (Å²) in [7, 11) is 0. The fraction of sp³-hybridized carbons (Fsp3) is 0.360. The van der Waals surface area contributed by atoms with Gasteiger partial charge in [0.1, 0.15) is 24.7 Å². The van der Waals surface area contributed by atoms with Crippen LogP contribution in [0.2, 0.25) is 0 Å². The summed E-state index contributed by atoms with van der Waals surface area (Å²) in [6.45, 7) is 3.36. The first-order valence-electron chi connectivity index (χ1n) is 11.8. The molecule has 2 aromatic carbocycles. The maximum absolute atomic E-state index is 13.0. The third-order valence-corrected chi connectivity index (χ3v) is 5.85. The number of nitro groups is 1. The number of alkyl carbamates (subject to hydrolysis) is 1. The quantitative estimate of drug-likeness (QED) is 0.344. The Kier molecular flexibility index (Phi) is 9.14. The Morgan fingerprint density at radius 2 is 1.70 bits per heavy atom. The molecule has 1 fully saturated rings. The summed E-state index contributed by atoms with van der Waals surface area (Å²) in [5, 5.41) is 18.5. The van der Waals surface area contributed by atoms with Crippen molar-refractivity contribution in [3.8, 4) is 0 Å². The number of anilines is 1. The van der Waals surface area contributed by atoms with E-state index >= 15 is 0 Å². The van der Waals surface area contributed by atoms with E-state index in [0.29, 0.717) is 25.1 Å². The summed E-state index contributed by atoms with van der Waals surface area (Å²) in [5.74, 6) is -1.44. The highest BCUT2D eigenvalue weighted by atomic mass is 16.6. The van der Waals surface area contributed by atoms with Crippen LogP contribution in [0.15, 0.2) is 54.6 Å². The molecule has 1 aliphatic rings. The number of ether oxygens (including phenoxy) is 1. The number of nitro benzene ring substituents is 1. The third-order valence-electron chi connectivity index (χ3n) is 5.85. The highest BCUT2D eigenvalue weighted by Crippen LogP contribution is 2.21. The predicted octanol–water partition coefficient (Wildman–Crippen LogP) is 2.34. The van der Waals surface area contributed by atoms with E-state index in [0.717, 1.165) is 5.56 Å². The lowest BCUT2D eigenvalue weighted by atomic mass is 10.1. The molecule has 196 valence electrons. The summed E-state index contributed by atoms with van der Waals surface area (Å²) < 4.78 is 5.11. The van der Waals surface area contributed by atoms with Gasteiger partial charge in [-0.1, -0.05) is 30.3 Å². The molecule has 0 aromatic heterocycles. The molecule has 0 bridgehead atoms. The number of nitrogens with zero attached hydrogens (tertiary/aromatic N) is 2. The van der Waals surface area contributed by atoms with E-state index in [4.69, 9.17) is 4.74 Å². The minimum atomic E-state index is -0.960. The number of amides is 4. The van der Waals surface area contributed by atoms with Crippen molar-refractivity contribution in [1.29, 1.82) is 0 Å². The number of nitrogens with one attached hydrogen (secondary N) is 3. The third kappa shape index (κ3) is 7.50. The summed E-state index contributed by atoms with van der Waals surface area (Å²) >= 11 is 0. The van der Waals surface area contributed by atoms with Crippen molar-refractivity contribution >= 4 is 35.2 Å². The number of carbonyl (C=O) groups is 4. The SMILES string of the molecule is C[C@H](NC(=O)OCc1ccccc1)C(=O)N[C@@H](C)C(=O)N1CCC[C@H]1C(=O)Nc1ccc([N+](=O)[O-])cc1. The van der Waals surface area contributed by atoms with E-state index in [9.17, 15) is 29.3 Å². The first-order valence-corrected chi connectivity index (χ1v) is 11.8. The van der Waals surface area contributed by atoms with Crippen molar-refractivity contribution in [1.82, 2.24) is 15.5 Å². The van der Waals surface area contributed by atoms with Gasteiger partial charge in [0.15, 0.2) is 0 Å². The van der Waals surface area contributed by atoms with Crippen LogP contribution in [-0.4, -0.2) is 58.3 Å². The van der Waals surface area contributed by atoms with Crippen LogP contribution in [0, 0.1) is 10.1 Å². The summed E-state index contributed by atoms with van der Waals surface area (Å²) in [4.78, 5) is 62.0. The highest BCUT2D eigenvalue weighted by molar-refractivity contribution is 5.99. The molecule has 3 N–H and O–H groups in total. The van der Waals surface area contributed by atoms with Crippen LogP contribution in [0.1, 0.15) is 32.3 Å². The largest absolute Gasteiger partial charge is 0.445 e. The van der Waals surface area contributed by atoms with Gasteiger partial charge in [-0.25, -0.2) is 4.79 Å². The highest BCUT2D eigenvalue weighted by Gasteiger charge is 2.36. The molecule has 12 nitrogen and oxygen atoms in total. The maximum atomic E-state index is 13.0. The molecule has 1 heterocycles. The predicted molar refractivity (Wildman–Crippen MR) is 133 cm³/mol. The Balaban J connectivity index is 1.49. The average Bonchev–Trinajstić information content (AvgIpc) is 3.38. The molecule has 37 heavy (non-hydrogen) atoms. The normalized spacial score (nSPS) is 16.3. The van der Waals surface area contributed by atoms with Crippen LogP contribution in [-0.2, 0) is 25.7 Å². The van der Waals surface area contributed by atoms with Crippen LogP contribution < -0.4 is 16.0 Å². The van der Waals surface area contributed by atoms with E-state index in [-0.39, 0.29) is 12.3 Å². The van der Waals surface area contributed by atoms with Gasteiger partial charge in [-0.05, 0) is 44.4 Å². The van der Waals surface area contributed by atoms with Gasteiger partial charge < -0.3 is 25.6 Å². The molecule has 1 aliphatic heterocycles. The summed E-state index contributed by atoms with van der Waals surface area (Å²) in [6, 6.07) is 11.8. The number of hydrogen-bond acceptors (Lipinski definition) is 7. The molecule has 0 unspecified atom stereocenters. The van der Waals surface area contributed by atoms with Crippen LogP contribution in [0.4, 0.5) is 16.2 Å². The minimum absolute atomic E-state index is 0.0498. The molecule has 4 amide bonds. The van der Waals surface area contributed by atoms with Crippen LogP contribution in [0.3, 0.4) is 0 Å². The number of carbonyl (C=O) groups excluding carboxylic acids is 4. The molecule has 2 aromatic rings. The van der Waals surface area contributed by atoms with Gasteiger partial charge in [0.25, 0.3) is 5.69 Å². The van der Waals surface area contributed by atoms with E-state index < -0.39 is 46.9 Å². The molecule has 0 aliphatic carbocycles. The molecular weight excluding hydrogens is 482 g/mol. The van der Waals surface area contributed by atoms with Crippen molar-refractivity contribution in [3.63, 3.8) is 0 Å². The second-order valence-electron chi connectivity index (χ2n) is 8.64. The Morgan fingerprint density at radius 3 is 2.35 bits per heavy atom. The molecule has 0 spiro atoms. The summed E-state index contributed by atoms with van der Waals surface area (Å²) in [5.41, 5.74) is 1.07. The Morgan fingerprint density at radius 1 is 1.03 bits per heavy atom. The van der Waals surface area contributed by atoms with Crippen molar-refractivity contribution in [2.45, 2.75) is 51.4 Å². The maximum Gasteiger partial charge on any atom is 0.408 e. The van der Waals surface area contributed by atoms with Gasteiger partial charge >= 0.3 is 6.09 Å². The van der Waals surface area contributed by atoms with Crippen LogP contribution in [0.5, 0.6) is 0 Å². The number of rotatable bonds is 9. The fourth-order valence-corrected chi connectivity index (χ4v) is 3.85. The minimum Gasteiger partial charge on any atom is -0.445 e. The van der Waals surface area contributed by atoms with Crippen molar-refractivity contribution in [2.24, 2.45) is 0 Å². The fourth-order valence-electron chi connectivity index (χ4n) is 3.85. The van der Waals surface area contributed by atoms with E-state index in [2.05, 4.69) is 16.0 Å². The molecule has 3 rings (SSSR count). The summed E-state index contributed by atoms with van der Waals surface area (Å²) in [6.07, 6.45) is 0.278. The van der Waals surface area contributed by atoms with Crippen molar-refractivity contribution in [3.05, 3.63) is 70.3 Å². The first kappa shape index (κ1) is 27.1. The van der Waals surface area contributed by atoms with Gasteiger partial charge in [-0.2, -0.15) is 0 Å². The Labute approximate surface area is 213 Å². The topological polar surface area (TPSA) is 160 Å². The zero-order valence-electron chi connectivity index (χ0n) is 20.5. The monoisotopic (exact) mass is 511 g/mol. The molecule has 3 atom stereocenters. The standard InChI is InChI=1S/C25H29N5O7/c1-16(27-25(34)37-15-18-7-4-3-5-8-18)22(31)26-17(2)24(33)29-14-6-9-21(29)23(32)28-19-10-12-20(13-11-19)30(35)36/h3-5,7-8,10-13,16-17,21H,6,9,14-15H2,1-2H3,(H,26,31)(H,27,34)(H,28,32)/t16-,17-,21-/m0/s1. The Bertz CT molecular complexity index is 1140. The smallest absolute Gasteiger partial charge is 0.408 e. The first-order chi connectivity index (χ1) is 17.7. The van der Waals surface area contributed by atoms with E-state index in [1.165, 1.54) is 43.0 Å². The van der Waals surface area contributed by atoms with E-state index in [1.807, 2.05) is 18.2 Å². The van der Waals surface area contributed by atoms with Crippen LogP contribution >= 0.6 is 0 Å². The molecule has 0 radical (unpaired) electrons.